The van der Waals surface area contributed by atoms with Gasteiger partial charge in [-0.05, 0) is 42.5 Å². The van der Waals surface area contributed by atoms with Gasteiger partial charge in [-0.1, -0.05) is 19.1 Å². The van der Waals surface area contributed by atoms with E-state index in [1.165, 1.54) is 24.5 Å². The van der Waals surface area contributed by atoms with Crippen molar-refractivity contribution >= 4 is 11.6 Å². The summed E-state index contributed by atoms with van der Waals surface area (Å²) in [6, 6.07) is 14.1. The Hall–Kier alpha value is -4.34. The van der Waals surface area contributed by atoms with Gasteiger partial charge < -0.3 is 10.1 Å². The molecule has 0 aliphatic heterocycles. The van der Waals surface area contributed by atoms with Crippen LogP contribution in [-0.4, -0.2) is 25.8 Å². The molecule has 34 heavy (non-hydrogen) atoms. The van der Waals surface area contributed by atoms with E-state index in [-0.39, 0.29) is 11.4 Å². The number of nitrogens with zero attached hydrogens (tertiary/aromatic N) is 4. The van der Waals surface area contributed by atoms with Crippen LogP contribution >= 0.6 is 0 Å². The van der Waals surface area contributed by atoms with Crippen LogP contribution in [0.5, 0.6) is 11.6 Å². The molecule has 1 amide bonds. The molecule has 0 saturated carbocycles. The third kappa shape index (κ3) is 5.34. The van der Waals surface area contributed by atoms with E-state index in [2.05, 4.69) is 25.3 Å². The molecule has 1 N–H and O–H groups in total. The fourth-order valence-electron chi connectivity index (χ4n) is 3.06. The Morgan fingerprint density at radius 1 is 1.00 bits per heavy atom. The average molecular weight is 465 g/mol. The molecule has 2 aromatic carbocycles. The summed E-state index contributed by atoms with van der Waals surface area (Å²) in [5, 5.41) is 2.58. The molecule has 0 fully saturated rings. The van der Waals surface area contributed by atoms with Crippen LogP contribution in [0.2, 0.25) is 0 Å². The summed E-state index contributed by atoms with van der Waals surface area (Å²) in [7, 11) is 0. The molecule has 4 rings (SSSR count). The smallest absolute Gasteiger partial charge is 0.416 e. The summed E-state index contributed by atoms with van der Waals surface area (Å²) in [6.07, 6.45) is -0.928. The van der Waals surface area contributed by atoms with Gasteiger partial charge in [0.25, 0.3) is 5.91 Å². The number of hydrogen-bond acceptors (Lipinski definition) is 6. The van der Waals surface area contributed by atoms with Gasteiger partial charge in [0, 0.05) is 29.9 Å². The van der Waals surface area contributed by atoms with Gasteiger partial charge in [-0.15, -0.1) is 0 Å². The number of ether oxygens (including phenoxy) is 1. The van der Waals surface area contributed by atoms with Crippen molar-refractivity contribution in [2.45, 2.75) is 19.5 Å². The Labute approximate surface area is 192 Å². The molecule has 172 valence electrons. The number of aryl methyl sites for hydroxylation is 1. The Morgan fingerprint density at radius 2 is 1.82 bits per heavy atom. The number of alkyl halides is 3. The predicted molar refractivity (Wildman–Crippen MR) is 118 cm³/mol. The molecule has 0 spiro atoms. The normalized spacial score (nSPS) is 11.2. The Bertz CT molecular complexity index is 1330. The quantitative estimate of drug-likeness (QED) is 0.401. The number of amides is 1. The minimum atomic E-state index is -4.54. The molecular weight excluding hydrogens is 447 g/mol. The maximum Gasteiger partial charge on any atom is 0.416 e. The van der Waals surface area contributed by atoms with Crippen molar-refractivity contribution in [3.05, 3.63) is 90.1 Å². The van der Waals surface area contributed by atoms with Crippen LogP contribution in [0.3, 0.4) is 0 Å². The molecule has 4 aromatic rings. The highest BCUT2D eigenvalue weighted by molar-refractivity contribution is 6.04. The third-order valence-electron chi connectivity index (χ3n) is 4.71. The van der Waals surface area contributed by atoms with E-state index in [0.717, 1.165) is 12.1 Å². The van der Waals surface area contributed by atoms with Crippen molar-refractivity contribution in [3.8, 4) is 23.0 Å². The average Bonchev–Trinajstić information content (AvgIpc) is 2.84. The summed E-state index contributed by atoms with van der Waals surface area (Å²) in [6.45, 7) is 1.93. The highest BCUT2D eigenvalue weighted by atomic mass is 19.4. The van der Waals surface area contributed by atoms with Crippen LogP contribution in [0, 0.1) is 0 Å². The van der Waals surface area contributed by atoms with Crippen LogP contribution in [0.4, 0.5) is 18.9 Å². The largest absolute Gasteiger partial charge is 0.438 e. The zero-order valence-electron chi connectivity index (χ0n) is 17.9. The maximum absolute atomic E-state index is 12.9. The number of carbonyl (C=O) groups excluding carboxylic acids is 1. The molecule has 10 heteroatoms. The van der Waals surface area contributed by atoms with Crippen molar-refractivity contribution in [3.63, 3.8) is 0 Å². The number of benzene rings is 2. The zero-order chi connectivity index (χ0) is 24.1. The number of carbonyl (C=O) groups is 1. The van der Waals surface area contributed by atoms with Gasteiger partial charge in [-0.2, -0.15) is 13.2 Å². The number of rotatable bonds is 6. The SMILES string of the molecule is CCc1ncnc(-c2cccnc2Oc2cccc(NC(=O)c3cccc(C(F)(F)F)c3)c2)n1. The molecule has 0 aliphatic carbocycles. The van der Waals surface area contributed by atoms with E-state index in [1.807, 2.05) is 6.92 Å². The first-order chi connectivity index (χ1) is 16.3. The van der Waals surface area contributed by atoms with Crippen LogP contribution in [0.1, 0.15) is 28.7 Å². The lowest BCUT2D eigenvalue weighted by molar-refractivity contribution is -0.137. The molecule has 0 saturated heterocycles. The highest BCUT2D eigenvalue weighted by Gasteiger charge is 2.30. The van der Waals surface area contributed by atoms with Gasteiger partial charge in [0.2, 0.25) is 5.88 Å². The number of nitrogens with one attached hydrogen (secondary N) is 1. The number of halogens is 3. The van der Waals surface area contributed by atoms with E-state index in [0.29, 0.717) is 35.1 Å². The second-order valence-electron chi connectivity index (χ2n) is 7.10. The molecule has 0 aliphatic rings. The molecule has 0 radical (unpaired) electrons. The van der Waals surface area contributed by atoms with Crippen molar-refractivity contribution in [1.82, 2.24) is 19.9 Å². The predicted octanol–water partition coefficient (Wildman–Crippen LogP) is 5.56. The van der Waals surface area contributed by atoms with Crippen LogP contribution in [-0.2, 0) is 12.6 Å². The second-order valence-corrected chi connectivity index (χ2v) is 7.10. The Kier molecular flexibility index (Phi) is 6.48. The van der Waals surface area contributed by atoms with Gasteiger partial charge in [0.05, 0.1) is 11.1 Å². The standard InChI is InChI=1S/C24H18F3N5O2/c1-2-20-29-14-30-21(32-20)19-10-5-11-28-23(19)34-18-9-4-8-17(13-18)31-22(33)15-6-3-7-16(12-15)24(25,26)27/h3-14H,2H2,1H3,(H,31,33). The Balaban J connectivity index is 1.55. The lowest BCUT2D eigenvalue weighted by Crippen LogP contribution is -2.14. The molecule has 0 bridgehead atoms. The third-order valence-corrected chi connectivity index (χ3v) is 4.71. The lowest BCUT2D eigenvalue weighted by Gasteiger charge is -2.12. The minimum absolute atomic E-state index is 0.116. The van der Waals surface area contributed by atoms with E-state index < -0.39 is 17.6 Å². The maximum atomic E-state index is 12.9. The van der Waals surface area contributed by atoms with Gasteiger partial charge >= 0.3 is 6.18 Å². The number of pyridine rings is 1. The molecule has 7 nitrogen and oxygen atoms in total. The summed E-state index contributed by atoms with van der Waals surface area (Å²) >= 11 is 0. The summed E-state index contributed by atoms with van der Waals surface area (Å²) in [4.78, 5) is 29.5. The van der Waals surface area contributed by atoms with Gasteiger partial charge in [0.15, 0.2) is 5.82 Å². The molecule has 2 aromatic heterocycles. The number of hydrogen-bond donors (Lipinski definition) is 1. The monoisotopic (exact) mass is 465 g/mol. The summed E-state index contributed by atoms with van der Waals surface area (Å²) < 4.78 is 44.8. The zero-order valence-corrected chi connectivity index (χ0v) is 17.9. The number of aromatic nitrogens is 4. The van der Waals surface area contributed by atoms with Crippen molar-refractivity contribution < 1.29 is 22.7 Å². The molecule has 0 unspecified atom stereocenters. The first-order valence-corrected chi connectivity index (χ1v) is 10.2. The van der Waals surface area contributed by atoms with Crippen LogP contribution in [0.15, 0.2) is 73.2 Å². The highest BCUT2D eigenvalue weighted by Crippen LogP contribution is 2.31. The first kappa shape index (κ1) is 22.8. The molecule has 0 atom stereocenters. The fraction of sp³-hybridized carbons (Fsp3) is 0.125. The molecule has 2 heterocycles. The topological polar surface area (TPSA) is 89.9 Å². The Morgan fingerprint density at radius 3 is 2.62 bits per heavy atom. The lowest BCUT2D eigenvalue weighted by atomic mass is 10.1. The van der Waals surface area contributed by atoms with E-state index in [1.54, 1.807) is 36.5 Å². The van der Waals surface area contributed by atoms with E-state index in [9.17, 15) is 18.0 Å². The molecular formula is C24H18F3N5O2. The summed E-state index contributed by atoms with van der Waals surface area (Å²) in [5.41, 5.74) is -0.122. The van der Waals surface area contributed by atoms with Crippen LogP contribution < -0.4 is 10.1 Å². The van der Waals surface area contributed by atoms with Gasteiger partial charge in [0.1, 0.15) is 17.9 Å². The number of anilines is 1. The van der Waals surface area contributed by atoms with Gasteiger partial charge in [-0.25, -0.2) is 19.9 Å². The second kappa shape index (κ2) is 9.65. The minimum Gasteiger partial charge on any atom is -0.438 e. The first-order valence-electron chi connectivity index (χ1n) is 10.2. The van der Waals surface area contributed by atoms with Crippen molar-refractivity contribution in [1.29, 1.82) is 0 Å². The van der Waals surface area contributed by atoms with Crippen molar-refractivity contribution in [2.75, 3.05) is 5.32 Å². The van der Waals surface area contributed by atoms with Crippen LogP contribution in [0.25, 0.3) is 11.4 Å². The van der Waals surface area contributed by atoms with Crippen molar-refractivity contribution in [2.24, 2.45) is 0 Å². The van der Waals surface area contributed by atoms with E-state index >= 15 is 0 Å². The van der Waals surface area contributed by atoms with Gasteiger partial charge in [-0.3, -0.25) is 4.79 Å². The summed E-state index contributed by atoms with van der Waals surface area (Å²) in [5.74, 6) is 0.950. The van der Waals surface area contributed by atoms with E-state index in [4.69, 9.17) is 4.74 Å². The fourth-order valence-corrected chi connectivity index (χ4v) is 3.06.